The standard InChI is InChI=1S/C21H25F4N3O/c1-20(2)7-5-15(6-8-20)28(19(29)18-12-26-9-10-27-18)13-14-3-4-17(22)16(11-14)21(23,24)25/h3-4,10-12,15,26H,5-9,13H2,1-2H3. The Bertz CT molecular complexity index is 820. The number of carbonyl (C=O) groups excluding carboxylic acids is 1. The monoisotopic (exact) mass is 411 g/mol. The average molecular weight is 411 g/mol. The van der Waals surface area contributed by atoms with Crippen LogP contribution in [0.2, 0.25) is 0 Å². The summed E-state index contributed by atoms with van der Waals surface area (Å²) in [6.07, 6.45) is 1.66. The van der Waals surface area contributed by atoms with Crippen LogP contribution >= 0.6 is 0 Å². The molecule has 1 N–H and O–H groups in total. The maximum Gasteiger partial charge on any atom is 0.419 e. The number of carbonyl (C=O) groups is 1. The number of nitrogens with one attached hydrogen (secondary N) is 1. The summed E-state index contributed by atoms with van der Waals surface area (Å²) in [5.74, 6) is -1.65. The van der Waals surface area contributed by atoms with Crippen LogP contribution in [0.15, 0.2) is 35.1 Å². The number of rotatable bonds is 4. The maximum atomic E-state index is 13.7. The Hall–Kier alpha value is -2.38. The molecule has 8 heteroatoms. The summed E-state index contributed by atoms with van der Waals surface area (Å²) >= 11 is 0. The molecule has 1 aliphatic carbocycles. The number of hydrogen-bond acceptors (Lipinski definition) is 3. The zero-order chi connectivity index (χ0) is 21.2. The van der Waals surface area contributed by atoms with Crippen molar-refractivity contribution in [2.24, 2.45) is 10.4 Å². The van der Waals surface area contributed by atoms with Gasteiger partial charge in [0.05, 0.1) is 5.56 Å². The Morgan fingerprint density at radius 2 is 1.97 bits per heavy atom. The number of aliphatic imine (C=N–C) groups is 1. The molecule has 0 bridgehead atoms. The molecule has 0 unspecified atom stereocenters. The van der Waals surface area contributed by atoms with Gasteiger partial charge in [-0.05, 0) is 48.8 Å². The minimum absolute atomic E-state index is 0.0276. The maximum absolute atomic E-state index is 13.7. The van der Waals surface area contributed by atoms with Crippen LogP contribution in [-0.4, -0.2) is 29.6 Å². The third-order valence-electron chi connectivity index (χ3n) is 5.60. The Balaban J connectivity index is 1.88. The molecular formula is C21H25F4N3O. The van der Waals surface area contributed by atoms with E-state index in [0.717, 1.165) is 37.8 Å². The highest BCUT2D eigenvalue weighted by Crippen LogP contribution is 2.38. The highest BCUT2D eigenvalue weighted by molar-refractivity contribution is 5.95. The second kappa shape index (κ2) is 8.16. The van der Waals surface area contributed by atoms with E-state index in [1.807, 2.05) is 0 Å². The van der Waals surface area contributed by atoms with Gasteiger partial charge < -0.3 is 10.2 Å². The molecule has 0 saturated heterocycles. The van der Waals surface area contributed by atoms with Crippen molar-refractivity contribution >= 4 is 12.1 Å². The number of nitrogens with zero attached hydrogens (tertiary/aromatic N) is 2. The molecule has 0 spiro atoms. The zero-order valence-corrected chi connectivity index (χ0v) is 16.5. The quantitative estimate of drug-likeness (QED) is 0.733. The van der Waals surface area contributed by atoms with Crippen molar-refractivity contribution in [2.45, 2.75) is 58.3 Å². The van der Waals surface area contributed by atoms with Gasteiger partial charge in [0, 0.05) is 31.5 Å². The summed E-state index contributed by atoms with van der Waals surface area (Å²) in [5, 5.41) is 2.93. The molecule has 0 atom stereocenters. The molecular weight excluding hydrogens is 386 g/mol. The van der Waals surface area contributed by atoms with Crippen LogP contribution < -0.4 is 5.32 Å². The largest absolute Gasteiger partial charge is 0.419 e. The summed E-state index contributed by atoms with van der Waals surface area (Å²) in [6, 6.07) is 2.80. The van der Waals surface area contributed by atoms with E-state index in [1.54, 1.807) is 11.1 Å². The van der Waals surface area contributed by atoms with E-state index in [-0.39, 0.29) is 35.2 Å². The van der Waals surface area contributed by atoms with Crippen LogP contribution in [0.5, 0.6) is 0 Å². The van der Waals surface area contributed by atoms with E-state index in [2.05, 4.69) is 24.2 Å². The van der Waals surface area contributed by atoms with Crippen molar-refractivity contribution < 1.29 is 22.4 Å². The molecule has 4 nitrogen and oxygen atoms in total. The predicted molar refractivity (Wildman–Crippen MR) is 103 cm³/mol. The molecule has 158 valence electrons. The lowest BCUT2D eigenvalue weighted by Gasteiger charge is -2.40. The molecule has 0 radical (unpaired) electrons. The van der Waals surface area contributed by atoms with Gasteiger partial charge in [0.2, 0.25) is 0 Å². The van der Waals surface area contributed by atoms with E-state index in [1.165, 1.54) is 12.3 Å². The summed E-state index contributed by atoms with van der Waals surface area (Å²) < 4.78 is 53.0. The molecule has 1 amide bonds. The van der Waals surface area contributed by atoms with Gasteiger partial charge >= 0.3 is 6.18 Å². The lowest BCUT2D eigenvalue weighted by atomic mass is 9.75. The van der Waals surface area contributed by atoms with Crippen molar-refractivity contribution in [1.82, 2.24) is 10.2 Å². The van der Waals surface area contributed by atoms with Crippen LogP contribution in [-0.2, 0) is 17.5 Å². The molecule has 1 fully saturated rings. The number of amides is 1. The molecule has 1 aliphatic heterocycles. The average Bonchev–Trinajstić information content (AvgIpc) is 2.67. The molecule has 2 aliphatic rings. The molecule has 1 aromatic rings. The lowest BCUT2D eigenvalue weighted by molar-refractivity contribution is -0.140. The topological polar surface area (TPSA) is 44.7 Å². The third kappa shape index (κ3) is 5.16. The van der Waals surface area contributed by atoms with Gasteiger partial charge in [-0.1, -0.05) is 19.9 Å². The normalized spacial score (nSPS) is 19.4. The van der Waals surface area contributed by atoms with Crippen molar-refractivity contribution in [3.8, 4) is 0 Å². The third-order valence-corrected chi connectivity index (χ3v) is 5.60. The second-order valence-electron chi connectivity index (χ2n) is 8.39. The van der Waals surface area contributed by atoms with Crippen LogP contribution in [0, 0.1) is 11.2 Å². The van der Waals surface area contributed by atoms with Crippen LogP contribution in [0.1, 0.15) is 50.7 Å². The summed E-state index contributed by atoms with van der Waals surface area (Å²) in [7, 11) is 0. The van der Waals surface area contributed by atoms with Gasteiger partial charge in [-0.3, -0.25) is 9.79 Å². The highest BCUT2D eigenvalue weighted by Gasteiger charge is 2.36. The molecule has 29 heavy (non-hydrogen) atoms. The Labute approximate surface area is 167 Å². The van der Waals surface area contributed by atoms with Crippen LogP contribution in [0.3, 0.4) is 0 Å². The van der Waals surface area contributed by atoms with Gasteiger partial charge in [0.25, 0.3) is 5.91 Å². The molecule has 0 aromatic heterocycles. The number of halogens is 4. The predicted octanol–water partition coefficient (Wildman–Crippen LogP) is 4.66. The first-order valence-corrected chi connectivity index (χ1v) is 9.69. The van der Waals surface area contributed by atoms with Gasteiger partial charge in [0.15, 0.2) is 0 Å². The molecule has 1 aromatic carbocycles. The fourth-order valence-electron chi connectivity index (χ4n) is 3.80. The lowest BCUT2D eigenvalue weighted by Crippen LogP contribution is -2.44. The summed E-state index contributed by atoms with van der Waals surface area (Å²) in [6.45, 7) is 4.83. The molecule has 3 rings (SSSR count). The van der Waals surface area contributed by atoms with Gasteiger partial charge in [-0.25, -0.2) is 4.39 Å². The first-order chi connectivity index (χ1) is 13.6. The Morgan fingerprint density at radius 1 is 1.28 bits per heavy atom. The minimum Gasteiger partial charge on any atom is -0.384 e. The van der Waals surface area contributed by atoms with Crippen molar-refractivity contribution in [2.75, 3.05) is 6.54 Å². The number of alkyl halides is 3. The van der Waals surface area contributed by atoms with E-state index in [4.69, 9.17) is 0 Å². The summed E-state index contributed by atoms with van der Waals surface area (Å²) in [5.41, 5.74) is -0.679. The van der Waals surface area contributed by atoms with Gasteiger partial charge in [-0.15, -0.1) is 0 Å². The smallest absolute Gasteiger partial charge is 0.384 e. The minimum atomic E-state index is -4.79. The zero-order valence-electron chi connectivity index (χ0n) is 16.5. The Morgan fingerprint density at radius 3 is 2.55 bits per heavy atom. The van der Waals surface area contributed by atoms with E-state index < -0.39 is 17.6 Å². The van der Waals surface area contributed by atoms with Crippen LogP contribution in [0.25, 0.3) is 0 Å². The van der Waals surface area contributed by atoms with Crippen molar-refractivity contribution in [3.63, 3.8) is 0 Å². The van der Waals surface area contributed by atoms with E-state index in [0.29, 0.717) is 6.54 Å². The van der Waals surface area contributed by atoms with E-state index in [9.17, 15) is 22.4 Å². The van der Waals surface area contributed by atoms with Gasteiger partial charge in [0.1, 0.15) is 11.5 Å². The highest BCUT2D eigenvalue weighted by atomic mass is 19.4. The first kappa shape index (κ1) is 21.3. The fraction of sp³-hybridized carbons (Fsp3) is 0.524. The van der Waals surface area contributed by atoms with Gasteiger partial charge in [-0.2, -0.15) is 13.2 Å². The SMILES string of the molecule is CC1(C)CCC(N(Cc2ccc(F)c(C(F)(F)F)c2)C(=O)C2=CNCC=N2)CC1. The molecule has 1 heterocycles. The van der Waals surface area contributed by atoms with Crippen LogP contribution in [0.4, 0.5) is 17.6 Å². The number of hydrogen-bond donors (Lipinski definition) is 1. The fourth-order valence-corrected chi connectivity index (χ4v) is 3.80. The first-order valence-electron chi connectivity index (χ1n) is 9.69. The Kier molecular flexibility index (Phi) is 6.00. The second-order valence-corrected chi connectivity index (χ2v) is 8.39. The number of benzene rings is 1. The molecule has 1 saturated carbocycles. The van der Waals surface area contributed by atoms with Crippen molar-refractivity contribution in [1.29, 1.82) is 0 Å². The van der Waals surface area contributed by atoms with E-state index >= 15 is 0 Å². The van der Waals surface area contributed by atoms with Crippen molar-refractivity contribution in [3.05, 3.63) is 47.0 Å². The summed E-state index contributed by atoms with van der Waals surface area (Å²) in [4.78, 5) is 18.8.